The summed E-state index contributed by atoms with van der Waals surface area (Å²) in [5.74, 6) is 1.86. The summed E-state index contributed by atoms with van der Waals surface area (Å²) in [6.07, 6.45) is 0. The number of para-hydroxylation sites is 1. The topological polar surface area (TPSA) is 60.2 Å². The van der Waals surface area contributed by atoms with Crippen LogP contribution in [0.5, 0.6) is 5.75 Å². The lowest BCUT2D eigenvalue weighted by atomic mass is 10.3. The molecular weight excluding hydrogens is 218 g/mol. The van der Waals surface area contributed by atoms with Gasteiger partial charge >= 0.3 is 0 Å². The standard InChI is InChI=1S/C12H15N3O2/c1-2-13-8-11-14-15-12(17-11)9-16-10-6-4-3-5-7-10/h3-7,13H,2,8-9H2,1H3. The molecule has 0 saturated heterocycles. The second kappa shape index (κ2) is 6.00. The first kappa shape index (κ1) is 11.6. The SMILES string of the molecule is CCNCc1nnc(COc2ccccc2)o1. The van der Waals surface area contributed by atoms with Gasteiger partial charge in [-0.05, 0) is 18.7 Å². The lowest BCUT2D eigenvalue weighted by Gasteiger charge is -2.01. The monoisotopic (exact) mass is 233 g/mol. The van der Waals surface area contributed by atoms with E-state index in [2.05, 4.69) is 15.5 Å². The van der Waals surface area contributed by atoms with E-state index in [1.165, 1.54) is 0 Å². The molecule has 1 heterocycles. The van der Waals surface area contributed by atoms with Gasteiger partial charge in [-0.2, -0.15) is 0 Å². The molecule has 5 nitrogen and oxygen atoms in total. The Morgan fingerprint density at radius 3 is 2.71 bits per heavy atom. The number of rotatable bonds is 6. The molecule has 0 radical (unpaired) electrons. The van der Waals surface area contributed by atoms with Crippen molar-refractivity contribution in [1.29, 1.82) is 0 Å². The number of nitrogens with zero attached hydrogens (tertiary/aromatic N) is 2. The van der Waals surface area contributed by atoms with E-state index in [1.54, 1.807) is 0 Å². The molecule has 0 bridgehead atoms. The molecule has 0 fully saturated rings. The zero-order valence-corrected chi connectivity index (χ0v) is 9.72. The summed E-state index contributed by atoms with van der Waals surface area (Å²) < 4.78 is 10.9. The Balaban J connectivity index is 1.85. The summed E-state index contributed by atoms with van der Waals surface area (Å²) in [6.45, 7) is 3.78. The van der Waals surface area contributed by atoms with Crippen molar-refractivity contribution in [2.45, 2.75) is 20.1 Å². The van der Waals surface area contributed by atoms with Gasteiger partial charge in [0, 0.05) is 0 Å². The molecule has 17 heavy (non-hydrogen) atoms. The van der Waals surface area contributed by atoms with Crippen LogP contribution in [0, 0.1) is 0 Å². The van der Waals surface area contributed by atoms with E-state index in [-0.39, 0.29) is 0 Å². The van der Waals surface area contributed by atoms with Crippen LogP contribution in [-0.4, -0.2) is 16.7 Å². The van der Waals surface area contributed by atoms with E-state index in [0.29, 0.717) is 24.9 Å². The van der Waals surface area contributed by atoms with Gasteiger partial charge < -0.3 is 14.5 Å². The number of nitrogens with one attached hydrogen (secondary N) is 1. The molecule has 0 amide bonds. The molecule has 0 unspecified atom stereocenters. The van der Waals surface area contributed by atoms with Gasteiger partial charge in [-0.1, -0.05) is 25.1 Å². The summed E-state index contributed by atoms with van der Waals surface area (Å²) in [5.41, 5.74) is 0. The van der Waals surface area contributed by atoms with Gasteiger partial charge in [0.2, 0.25) is 5.89 Å². The number of hydrogen-bond donors (Lipinski definition) is 1. The molecule has 0 aliphatic rings. The maximum absolute atomic E-state index is 5.49. The van der Waals surface area contributed by atoms with E-state index < -0.39 is 0 Å². The van der Waals surface area contributed by atoms with Crippen LogP contribution in [0.25, 0.3) is 0 Å². The minimum absolute atomic E-state index is 0.295. The van der Waals surface area contributed by atoms with Crippen molar-refractivity contribution in [1.82, 2.24) is 15.5 Å². The molecule has 0 aliphatic carbocycles. The number of ether oxygens (including phenoxy) is 1. The highest BCUT2D eigenvalue weighted by atomic mass is 16.5. The minimum Gasteiger partial charge on any atom is -0.484 e. The Labute approximate surface area is 99.8 Å². The lowest BCUT2D eigenvalue weighted by Crippen LogP contribution is -2.11. The largest absolute Gasteiger partial charge is 0.484 e. The summed E-state index contributed by atoms with van der Waals surface area (Å²) >= 11 is 0. The quantitative estimate of drug-likeness (QED) is 0.823. The zero-order valence-electron chi connectivity index (χ0n) is 9.72. The first-order valence-electron chi connectivity index (χ1n) is 5.58. The summed E-state index contributed by atoms with van der Waals surface area (Å²) in [5, 5.41) is 10.9. The maximum atomic E-state index is 5.49. The van der Waals surface area contributed by atoms with Crippen molar-refractivity contribution in [3.05, 3.63) is 42.1 Å². The van der Waals surface area contributed by atoms with Crippen molar-refractivity contribution < 1.29 is 9.15 Å². The van der Waals surface area contributed by atoms with Crippen LogP contribution < -0.4 is 10.1 Å². The highest BCUT2D eigenvalue weighted by molar-refractivity contribution is 5.20. The van der Waals surface area contributed by atoms with Gasteiger partial charge in [-0.15, -0.1) is 10.2 Å². The molecule has 5 heteroatoms. The Morgan fingerprint density at radius 2 is 1.94 bits per heavy atom. The van der Waals surface area contributed by atoms with Gasteiger partial charge in [0.1, 0.15) is 5.75 Å². The van der Waals surface area contributed by atoms with Crippen molar-refractivity contribution in [2.24, 2.45) is 0 Å². The van der Waals surface area contributed by atoms with Crippen molar-refractivity contribution in [2.75, 3.05) is 6.54 Å². The van der Waals surface area contributed by atoms with Gasteiger partial charge in [0.25, 0.3) is 5.89 Å². The Hall–Kier alpha value is -1.88. The fourth-order valence-corrected chi connectivity index (χ4v) is 1.31. The molecule has 1 N–H and O–H groups in total. The number of hydrogen-bond acceptors (Lipinski definition) is 5. The normalized spacial score (nSPS) is 10.4. The molecule has 0 spiro atoms. The molecular formula is C12H15N3O2. The molecule has 0 aliphatic heterocycles. The van der Waals surface area contributed by atoms with E-state index >= 15 is 0 Å². The number of benzene rings is 1. The fourth-order valence-electron chi connectivity index (χ4n) is 1.31. The maximum Gasteiger partial charge on any atom is 0.253 e. The first-order chi connectivity index (χ1) is 8.38. The Morgan fingerprint density at radius 1 is 1.18 bits per heavy atom. The van der Waals surface area contributed by atoms with Gasteiger partial charge in [0.15, 0.2) is 6.61 Å². The molecule has 0 atom stereocenters. The third kappa shape index (κ3) is 3.57. The summed E-state index contributed by atoms with van der Waals surface area (Å²) in [7, 11) is 0. The van der Waals surface area contributed by atoms with E-state index in [9.17, 15) is 0 Å². The third-order valence-corrected chi connectivity index (χ3v) is 2.14. The van der Waals surface area contributed by atoms with Crippen molar-refractivity contribution in [3.63, 3.8) is 0 Å². The predicted molar refractivity (Wildman–Crippen MR) is 62.5 cm³/mol. The average molecular weight is 233 g/mol. The first-order valence-corrected chi connectivity index (χ1v) is 5.58. The molecule has 1 aromatic carbocycles. The predicted octanol–water partition coefficient (Wildman–Crippen LogP) is 1.76. The molecule has 2 aromatic rings. The second-order valence-electron chi connectivity index (χ2n) is 3.47. The van der Waals surface area contributed by atoms with Crippen LogP contribution in [0.3, 0.4) is 0 Å². The van der Waals surface area contributed by atoms with Gasteiger partial charge in [0.05, 0.1) is 6.54 Å². The summed E-state index contributed by atoms with van der Waals surface area (Å²) in [6, 6.07) is 9.54. The second-order valence-corrected chi connectivity index (χ2v) is 3.47. The third-order valence-electron chi connectivity index (χ3n) is 2.14. The van der Waals surface area contributed by atoms with Crippen LogP contribution in [0.15, 0.2) is 34.7 Å². The van der Waals surface area contributed by atoms with Crippen LogP contribution >= 0.6 is 0 Å². The van der Waals surface area contributed by atoms with Gasteiger partial charge in [-0.25, -0.2) is 0 Å². The van der Waals surface area contributed by atoms with Crippen LogP contribution in [-0.2, 0) is 13.2 Å². The molecule has 90 valence electrons. The van der Waals surface area contributed by atoms with Crippen LogP contribution in [0.4, 0.5) is 0 Å². The Bertz CT molecular complexity index is 442. The van der Waals surface area contributed by atoms with Crippen molar-refractivity contribution >= 4 is 0 Å². The molecule has 1 aromatic heterocycles. The average Bonchev–Trinajstić information content (AvgIpc) is 2.83. The highest BCUT2D eigenvalue weighted by Crippen LogP contribution is 2.10. The molecule has 0 saturated carbocycles. The smallest absolute Gasteiger partial charge is 0.253 e. The highest BCUT2D eigenvalue weighted by Gasteiger charge is 2.05. The molecule has 2 rings (SSSR count). The lowest BCUT2D eigenvalue weighted by molar-refractivity contribution is 0.258. The fraction of sp³-hybridized carbons (Fsp3) is 0.333. The minimum atomic E-state index is 0.295. The Kier molecular flexibility index (Phi) is 4.10. The van der Waals surface area contributed by atoms with E-state index in [1.807, 2.05) is 37.3 Å². The van der Waals surface area contributed by atoms with Crippen LogP contribution in [0.1, 0.15) is 18.7 Å². The van der Waals surface area contributed by atoms with Crippen molar-refractivity contribution in [3.8, 4) is 5.75 Å². The van der Waals surface area contributed by atoms with E-state index in [4.69, 9.17) is 9.15 Å². The van der Waals surface area contributed by atoms with Crippen LogP contribution in [0.2, 0.25) is 0 Å². The number of aromatic nitrogens is 2. The summed E-state index contributed by atoms with van der Waals surface area (Å²) in [4.78, 5) is 0. The van der Waals surface area contributed by atoms with Gasteiger partial charge in [-0.3, -0.25) is 0 Å². The van der Waals surface area contributed by atoms with E-state index in [0.717, 1.165) is 12.3 Å². The zero-order chi connectivity index (χ0) is 11.9.